The highest BCUT2D eigenvalue weighted by molar-refractivity contribution is 7.15. The van der Waals surface area contributed by atoms with Crippen molar-refractivity contribution >= 4 is 22.2 Å². The van der Waals surface area contributed by atoms with E-state index in [0.717, 1.165) is 12.1 Å². The summed E-state index contributed by atoms with van der Waals surface area (Å²) in [6, 6.07) is 3.09. The van der Waals surface area contributed by atoms with Gasteiger partial charge in [0.15, 0.2) is 4.96 Å². The van der Waals surface area contributed by atoms with E-state index < -0.39 is 5.56 Å². The first-order valence-corrected chi connectivity index (χ1v) is 8.46. The van der Waals surface area contributed by atoms with Crippen molar-refractivity contribution in [2.75, 3.05) is 6.54 Å². The van der Waals surface area contributed by atoms with Crippen molar-refractivity contribution in [3.8, 4) is 0 Å². The quantitative estimate of drug-likeness (QED) is 0.730. The molecular formula is C15H15N5O3S. The first-order chi connectivity index (χ1) is 11.7. The molecule has 9 heteroatoms. The second-order valence-electron chi connectivity index (χ2n) is 5.62. The number of rotatable bonds is 2. The monoisotopic (exact) mass is 345 g/mol. The van der Waals surface area contributed by atoms with E-state index in [-0.39, 0.29) is 12.5 Å². The highest BCUT2D eigenvalue weighted by atomic mass is 32.1. The Balaban J connectivity index is 1.71. The summed E-state index contributed by atoms with van der Waals surface area (Å²) >= 11 is 1.32. The first-order valence-electron chi connectivity index (χ1n) is 7.58. The van der Waals surface area contributed by atoms with Gasteiger partial charge < -0.3 is 10.0 Å². The Labute approximate surface area is 140 Å². The maximum absolute atomic E-state index is 13.0. The minimum Gasteiger partial charge on any atom is -0.390 e. The molecule has 1 amide bonds. The number of amides is 1. The molecule has 0 unspecified atom stereocenters. The van der Waals surface area contributed by atoms with E-state index in [0.29, 0.717) is 36.0 Å². The zero-order chi connectivity index (χ0) is 16.7. The molecule has 4 heterocycles. The molecule has 0 spiro atoms. The van der Waals surface area contributed by atoms with Gasteiger partial charge in [0.1, 0.15) is 5.69 Å². The van der Waals surface area contributed by atoms with E-state index in [1.165, 1.54) is 17.4 Å². The molecule has 0 fully saturated rings. The van der Waals surface area contributed by atoms with Crippen molar-refractivity contribution in [2.24, 2.45) is 0 Å². The standard InChI is InChI=1S/C15H15N5O3S/c21-9-10-6-11-8-18(2-1-3-20(11)17-10)14(23)12-7-13(22)16-15-19(12)4-5-24-15/h4-7,21H,1-3,8-9H2. The highest BCUT2D eigenvalue weighted by Crippen LogP contribution is 2.17. The Hall–Kier alpha value is -2.52. The molecule has 0 aromatic carbocycles. The number of aliphatic hydroxyl groups excluding tert-OH is 1. The maximum atomic E-state index is 13.0. The fourth-order valence-electron chi connectivity index (χ4n) is 2.95. The second kappa shape index (κ2) is 5.84. The summed E-state index contributed by atoms with van der Waals surface area (Å²) in [6.07, 6.45) is 2.50. The number of hydrogen-bond donors (Lipinski definition) is 1. The minimum atomic E-state index is -0.414. The molecule has 3 aromatic heterocycles. The Morgan fingerprint density at radius 1 is 1.33 bits per heavy atom. The molecule has 1 aliphatic rings. The van der Waals surface area contributed by atoms with Gasteiger partial charge in [0, 0.05) is 30.7 Å². The van der Waals surface area contributed by atoms with Crippen LogP contribution in [0, 0.1) is 0 Å². The van der Waals surface area contributed by atoms with Gasteiger partial charge in [-0.2, -0.15) is 10.1 Å². The Bertz CT molecular complexity index is 973. The summed E-state index contributed by atoms with van der Waals surface area (Å²) in [7, 11) is 0. The Kier molecular flexibility index (Phi) is 3.66. The molecule has 4 rings (SSSR count). The highest BCUT2D eigenvalue weighted by Gasteiger charge is 2.24. The van der Waals surface area contributed by atoms with Crippen LogP contribution in [0.2, 0.25) is 0 Å². The van der Waals surface area contributed by atoms with Gasteiger partial charge in [0.25, 0.3) is 11.5 Å². The summed E-state index contributed by atoms with van der Waals surface area (Å²) in [4.78, 5) is 30.9. The Morgan fingerprint density at radius 2 is 2.21 bits per heavy atom. The number of fused-ring (bicyclic) bond motifs is 2. The van der Waals surface area contributed by atoms with Crippen molar-refractivity contribution in [1.82, 2.24) is 24.1 Å². The van der Waals surface area contributed by atoms with Crippen molar-refractivity contribution in [3.63, 3.8) is 0 Å². The van der Waals surface area contributed by atoms with Gasteiger partial charge in [-0.15, -0.1) is 11.3 Å². The molecule has 0 aliphatic carbocycles. The predicted octanol–water partition coefficient (Wildman–Crippen LogP) is 0.491. The lowest BCUT2D eigenvalue weighted by atomic mass is 10.3. The molecule has 0 saturated carbocycles. The average Bonchev–Trinajstić information content (AvgIpc) is 3.15. The number of nitrogens with zero attached hydrogens (tertiary/aromatic N) is 5. The third-order valence-electron chi connectivity index (χ3n) is 4.05. The summed E-state index contributed by atoms with van der Waals surface area (Å²) in [6.45, 7) is 1.56. The van der Waals surface area contributed by atoms with Crippen LogP contribution in [0.5, 0.6) is 0 Å². The van der Waals surface area contributed by atoms with Gasteiger partial charge in [-0.05, 0) is 12.5 Å². The minimum absolute atomic E-state index is 0.122. The SMILES string of the molecule is O=C(c1cc(=O)nc2sccn12)N1CCCn2nc(CO)cc2C1. The molecular weight excluding hydrogens is 330 g/mol. The molecule has 1 N–H and O–H groups in total. The zero-order valence-corrected chi connectivity index (χ0v) is 13.6. The van der Waals surface area contributed by atoms with Crippen LogP contribution < -0.4 is 5.56 Å². The number of thiazole rings is 1. The number of carbonyl (C=O) groups excluding carboxylic acids is 1. The second-order valence-corrected chi connectivity index (χ2v) is 6.50. The average molecular weight is 345 g/mol. The number of carbonyl (C=O) groups is 1. The third-order valence-corrected chi connectivity index (χ3v) is 4.80. The lowest BCUT2D eigenvalue weighted by molar-refractivity contribution is 0.0738. The fraction of sp³-hybridized carbons (Fsp3) is 0.333. The van der Waals surface area contributed by atoms with Crippen LogP contribution in [0.15, 0.2) is 28.5 Å². The van der Waals surface area contributed by atoms with Gasteiger partial charge in [0.05, 0.1) is 24.5 Å². The normalized spacial score (nSPS) is 14.6. The van der Waals surface area contributed by atoms with E-state index in [1.54, 1.807) is 20.9 Å². The molecule has 0 atom stereocenters. The topological polar surface area (TPSA) is 92.7 Å². The number of aryl methyl sites for hydroxylation is 1. The number of aromatic nitrogens is 4. The molecule has 0 bridgehead atoms. The van der Waals surface area contributed by atoms with Crippen LogP contribution in [-0.2, 0) is 19.7 Å². The smallest absolute Gasteiger partial charge is 0.274 e. The van der Waals surface area contributed by atoms with Crippen molar-refractivity contribution < 1.29 is 9.90 Å². The fourth-order valence-corrected chi connectivity index (χ4v) is 3.67. The maximum Gasteiger partial charge on any atom is 0.274 e. The molecule has 24 heavy (non-hydrogen) atoms. The summed E-state index contributed by atoms with van der Waals surface area (Å²) in [5, 5.41) is 15.3. The van der Waals surface area contributed by atoms with Crippen LogP contribution in [-0.4, -0.2) is 41.6 Å². The molecule has 1 aliphatic heterocycles. The van der Waals surface area contributed by atoms with Crippen molar-refractivity contribution in [3.05, 3.63) is 51.1 Å². The zero-order valence-electron chi connectivity index (χ0n) is 12.8. The van der Waals surface area contributed by atoms with Crippen LogP contribution in [0.1, 0.15) is 28.3 Å². The largest absolute Gasteiger partial charge is 0.390 e. The lowest BCUT2D eigenvalue weighted by Gasteiger charge is -2.20. The van der Waals surface area contributed by atoms with E-state index in [4.69, 9.17) is 0 Å². The predicted molar refractivity (Wildman–Crippen MR) is 86.8 cm³/mol. The third kappa shape index (κ3) is 2.51. The number of aliphatic hydroxyl groups is 1. The van der Waals surface area contributed by atoms with Crippen molar-refractivity contribution in [2.45, 2.75) is 26.1 Å². The van der Waals surface area contributed by atoms with Crippen LogP contribution in [0.25, 0.3) is 4.96 Å². The van der Waals surface area contributed by atoms with Gasteiger partial charge in [-0.1, -0.05) is 0 Å². The lowest BCUT2D eigenvalue weighted by Crippen LogP contribution is -2.33. The molecule has 0 radical (unpaired) electrons. The molecule has 8 nitrogen and oxygen atoms in total. The number of hydrogen-bond acceptors (Lipinski definition) is 6. The molecule has 0 saturated heterocycles. The van der Waals surface area contributed by atoms with E-state index in [2.05, 4.69) is 10.1 Å². The van der Waals surface area contributed by atoms with Gasteiger partial charge >= 0.3 is 0 Å². The van der Waals surface area contributed by atoms with Crippen LogP contribution in [0.4, 0.5) is 0 Å². The first kappa shape index (κ1) is 15.0. The van der Waals surface area contributed by atoms with Crippen LogP contribution >= 0.6 is 11.3 Å². The van der Waals surface area contributed by atoms with Gasteiger partial charge in [0.2, 0.25) is 0 Å². The van der Waals surface area contributed by atoms with Crippen molar-refractivity contribution in [1.29, 1.82) is 0 Å². The van der Waals surface area contributed by atoms with E-state index in [9.17, 15) is 14.7 Å². The molecule has 3 aromatic rings. The van der Waals surface area contributed by atoms with E-state index >= 15 is 0 Å². The van der Waals surface area contributed by atoms with E-state index in [1.807, 2.05) is 10.7 Å². The Morgan fingerprint density at radius 3 is 3.04 bits per heavy atom. The summed E-state index contributed by atoms with van der Waals surface area (Å²) in [5.41, 5.74) is 1.39. The molecule has 124 valence electrons. The van der Waals surface area contributed by atoms with Crippen LogP contribution in [0.3, 0.4) is 0 Å². The summed E-state index contributed by atoms with van der Waals surface area (Å²) in [5.74, 6) is -0.205. The summed E-state index contributed by atoms with van der Waals surface area (Å²) < 4.78 is 3.48. The van der Waals surface area contributed by atoms with Gasteiger partial charge in [-0.25, -0.2) is 0 Å². The van der Waals surface area contributed by atoms with Gasteiger partial charge in [-0.3, -0.25) is 18.7 Å².